The molecule has 1 heterocycles. The lowest BCUT2D eigenvalue weighted by atomic mass is 10.1. The summed E-state index contributed by atoms with van der Waals surface area (Å²) in [5.41, 5.74) is 2.19. The Morgan fingerprint density at radius 2 is 1.95 bits per heavy atom. The quantitative estimate of drug-likeness (QED) is 0.770. The minimum Gasteiger partial charge on any atom is -0.478 e. The first kappa shape index (κ1) is 11.9. The summed E-state index contributed by atoms with van der Waals surface area (Å²) in [6.45, 7) is 0. The fraction of sp³-hybridized carbons (Fsp3) is 0. The number of nitriles is 1. The Balaban J connectivity index is 2.15. The number of hydrogen-bond acceptors (Lipinski definition) is 3. The molecule has 2 aromatic carbocycles. The third-order valence-corrected chi connectivity index (χ3v) is 3.04. The molecule has 1 N–H and O–H groups in total. The number of nitrogens with zero attached hydrogens (tertiary/aromatic N) is 3. The van der Waals surface area contributed by atoms with E-state index in [-0.39, 0.29) is 5.56 Å². The fourth-order valence-electron chi connectivity index (χ4n) is 2.05. The number of hydrogen-bond donors (Lipinski definition) is 1. The maximum atomic E-state index is 11.2. The lowest BCUT2D eigenvalue weighted by molar-refractivity contribution is 0.0699. The number of carbonyl (C=O) groups is 1. The first-order chi connectivity index (χ1) is 9.69. The second kappa shape index (κ2) is 4.52. The highest BCUT2D eigenvalue weighted by molar-refractivity contribution is 6.02. The molecule has 3 rings (SSSR count). The van der Waals surface area contributed by atoms with E-state index in [1.54, 1.807) is 53.3 Å². The van der Waals surface area contributed by atoms with E-state index in [0.717, 1.165) is 5.69 Å². The lowest BCUT2D eigenvalue weighted by Crippen LogP contribution is -1.95. The molecule has 96 valence electrons. The van der Waals surface area contributed by atoms with Crippen molar-refractivity contribution < 1.29 is 9.90 Å². The Morgan fingerprint density at radius 1 is 1.20 bits per heavy atom. The van der Waals surface area contributed by atoms with Gasteiger partial charge in [-0.2, -0.15) is 10.4 Å². The lowest BCUT2D eigenvalue weighted by Gasteiger charge is -1.99. The Bertz CT molecular complexity index is 842. The Kier molecular flexibility index (Phi) is 2.70. The van der Waals surface area contributed by atoms with Gasteiger partial charge in [0.1, 0.15) is 0 Å². The zero-order valence-corrected chi connectivity index (χ0v) is 10.3. The molecule has 3 aromatic rings. The van der Waals surface area contributed by atoms with Crippen LogP contribution in [0.15, 0.2) is 48.7 Å². The summed E-state index contributed by atoms with van der Waals surface area (Å²) in [6, 6.07) is 14.0. The van der Waals surface area contributed by atoms with Crippen molar-refractivity contribution in [2.45, 2.75) is 0 Å². The summed E-state index contributed by atoms with van der Waals surface area (Å²) in [5, 5.41) is 22.9. The number of carboxylic acids is 1. The largest absolute Gasteiger partial charge is 0.478 e. The number of benzene rings is 2. The molecule has 20 heavy (non-hydrogen) atoms. The van der Waals surface area contributed by atoms with E-state index >= 15 is 0 Å². The van der Waals surface area contributed by atoms with Crippen LogP contribution in [-0.4, -0.2) is 20.9 Å². The van der Waals surface area contributed by atoms with Gasteiger partial charge >= 0.3 is 5.97 Å². The number of aromatic nitrogens is 2. The topological polar surface area (TPSA) is 78.9 Å². The number of aromatic carboxylic acids is 1. The first-order valence-corrected chi connectivity index (χ1v) is 5.91. The standard InChI is InChI=1S/C15H9N3O2/c16-8-10-4-6-11(7-5-10)18-9-13-12(15(19)20)2-1-3-14(13)17-18/h1-7,9H,(H,19,20). The minimum absolute atomic E-state index is 0.224. The fourth-order valence-corrected chi connectivity index (χ4v) is 2.05. The Hall–Kier alpha value is -3.13. The number of fused-ring (bicyclic) bond motifs is 1. The average Bonchev–Trinajstić information content (AvgIpc) is 2.90. The molecule has 0 radical (unpaired) electrons. The predicted octanol–water partition coefficient (Wildman–Crippen LogP) is 2.60. The maximum absolute atomic E-state index is 11.2. The second-order valence-corrected chi connectivity index (χ2v) is 4.28. The van der Waals surface area contributed by atoms with E-state index in [0.29, 0.717) is 16.5 Å². The van der Waals surface area contributed by atoms with E-state index in [9.17, 15) is 4.79 Å². The van der Waals surface area contributed by atoms with E-state index in [2.05, 4.69) is 5.10 Å². The highest BCUT2D eigenvalue weighted by Crippen LogP contribution is 2.20. The summed E-state index contributed by atoms with van der Waals surface area (Å²) in [5.74, 6) is -0.977. The van der Waals surface area contributed by atoms with Crippen molar-refractivity contribution >= 4 is 16.9 Å². The zero-order chi connectivity index (χ0) is 14.1. The normalized spacial score (nSPS) is 10.3. The molecule has 0 amide bonds. The van der Waals surface area contributed by atoms with Gasteiger partial charge < -0.3 is 5.11 Å². The zero-order valence-electron chi connectivity index (χ0n) is 10.3. The van der Waals surface area contributed by atoms with Crippen LogP contribution < -0.4 is 0 Å². The van der Waals surface area contributed by atoms with Crippen LogP contribution in [0.5, 0.6) is 0 Å². The van der Waals surface area contributed by atoms with Crippen molar-refractivity contribution in [3.63, 3.8) is 0 Å². The average molecular weight is 263 g/mol. The van der Waals surface area contributed by atoms with Crippen LogP contribution in [0.1, 0.15) is 15.9 Å². The summed E-state index contributed by atoms with van der Waals surface area (Å²) in [4.78, 5) is 11.2. The molecule has 0 saturated heterocycles. The molecule has 0 aliphatic heterocycles. The van der Waals surface area contributed by atoms with Crippen LogP contribution in [0, 0.1) is 11.3 Å². The number of rotatable bonds is 2. The Labute approximate surface area is 114 Å². The molecular formula is C15H9N3O2. The molecular weight excluding hydrogens is 254 g/mol. The van der Waals surface area contributed by atoms with E-state index < -0.39 is 5.97 Å². The third-order valence-electron chi connectivity index (χ3n) is 3.04. The maximum Gasteiger partial charge on any atom is 0.336 e. The van der Waals surface area contributed by atoms with Gasteiger partial charge in [-0.3, -0.25) is 0 Å². The summed E-state index contributed by atoms with van der Waals surface area (Å²) in [6.07, 6.45) is 1.68. The van der Waals surface area contributed by atoms with Crippen LogP contribution in [0.25, 0.3) is 16.6 Å². The molecule has 5 nitrogen and oxygen atoms in total. The van der Waals surface area contributed by atoms with Crippen molar-refractivity contribution in [3.8, 4) is 11.8 Å². The van der Waals surface area contributed by atoms with Crippen LogP contribution in [-0.2, 0) is 0 Å². The van der Waals surface area contributed by atoms with Crippen molar-refractivity contribution in [3.05, 3.63) is 59.8 Å². The molecule has 0 fully saturated rings. The first-order valence-electron chi connectivity index (χ1n) is 5.91. The second-order valence-electron chi connectivity index (χ2n) is 4.28. The van der Waals surface area contributed by atoms with Crippen LogP contribution in [0.4, 0.5) is 0 Å². The van der Waals surface area contributed by atoms with E-state index in [1.165, 1.54) is 0 Å². The molecule has 0 aliphatic rings. The highest BCUT2D eigenvalue weighted by Gasteiger charge is 2.11. The molecule has 1 aromatic heterocycles. The van der Waals surface area contributed by atoms with Gasteiger partial charge in [0.2, 0.25) is 0 Å². The third kappa shape index (κ3) is 1.89. The predicted molar refractivity (Wildman–Crippen MR) is 72.7 cm³/mol. The van der Waals surface area contributed by atoms with Gasteiger partial charge in [-0.15, -0.1) is 0 Å². The monoisotopic (exact) mass is 263 g/mol. The van der Waals surface area contributed by atoms with Gasteiger partial charge in [0, 0.05) is 11.6 Å². The van der Waals surface area contributed by atoms with Gasteiger partial charge in [0.05, 0.1) is 28.4 Å². The highest BCUT2D eigenvalue weighted by atomic mass is 16.4. The molecule has 0 unspecified atom stereocenters. The van der Waals surface area contributed by atoms with Gasteiger partial charge in [0.15, 0.2) is 0 Å². The molecule has 0 spiro atoms. The van der Waals surface area contributed by atoms with Gasteiger partial charge in [-0.05, 0) is 36.4 Å². The molecule has 0 aliphatic carbocycles. The minimum atomic E-state index is -0.977. The molecule has 0 saturated carbocycles. The SMILES string of the molecule is N#Cc1ccc(-n2cc3c(C(=O)O)cccc3n2)cc1. The summed E-state index contributed by atoms with van der Waals surface area (Å²) >= 11 is 0. The van der Waals surface area contributed by atoms with Crippen LogP contribution in [0.2, 0.25) is 0 Å². The number of carboxylic acid groups (broad SMARTS) is 1. The van der Waals surface area contributed by atoms with Gasteiger partial charge in [-0.25, -0.2) is 9.48 Å². The molecule has 0 atom stereocenters. The van der Waals surface area contributed by atoms with E-state index in [4.69, 9.17) is 10.4 Å². The summed E-state index contributed by atoms with van der Waals surface area (Å²) in [7, 11) is 0. The van der Waals surface area contributed by atoms with Crippen LogP contribution in [0.3, 0.4) is 0 Å². The van der Waals surface area contributed by atoms with Gasteiger partial charge in [0.25, 0.3) is 0 Å². The van der Waals surface area contributed by atoms with Crippen LogP contribution >= 0.6 is 0 Å². The molecule has 0 bridgehead atoms. The van der Waals surface area contributed by atoms with Crippen molar-refractivity contribution in [1.82, 2.24) is 9.78 Å². The smallest absolute Gasteiger partial charge is 0.336 e. The van der Waals surface area contributed by atoms with Crippen molar-refractivity contribution in [2.75, 3.05) is 0 Å². The summed E-state index contributed by atoms with van der Waals surface area (Å²) < 4.78 is 1.61. The Morgan fingerprint density at radius 3 is 2.60 bits per heavy atom. The van der Waals surface area contributed by atoms with E-state index in [1.807, 2.05) is 6.07 Å². The molecule has 5 heteroatoms. The van der Waals surface area contributed by atoms with Crippen molar-refractivity contribution in [1.29, 1.82) is 5.26 Å². The van der Waals surface area contributed by atoms with Gasteiger partial charge in [-0.1, -0.05) is 6.07 Å². The van der Waals surface area contributed by atoms with Crippen molar-refractivity contribution in [2.24, 2.45) is 0 Å².